The van der Waals surface area contributed by atoms with Gasteiger partial charge in [-0.25, -0.2) is 4.98 Å². The number of thioether (sulfide) groups is 1. The summed E-state index contributed by atoms with van der Waals surface area (Å²) in [6.45, 7) is 2.57. The zero-order chi connectivity index (χ0) is 22.5. The van der Waals surface area contributed by atoms with E-state index < -0.39 is 5.25 Å². The van der Waals surface area contributed by atoms with Gasteiger partial charge >= 0.3 is 0 Å². The normalized spacial score (nSPS) is 15.4. The predicted molar refractivity (Wildman–Crippen MR) is 129 cm³/mol. The van der Waals surface area contributed by atoms with E-state index in [1.165, 1.54) is 43.9 Å². The van der Waals surface area contributed by atoms with Crippen LogP contribution in [0.5, 0.6) is 5.75 Å². The van der Waals surface area contributed by atoms with Crippen LogP contribution in [-0.4, -0.2) is 34.4 Å². The van der Waals surface area contributed by atoms with Gasteiger partial charge in [-0.1, -0.05) is 55.3 Å². The summed E-state index contributed by atoms with van der Waals surface area (Å²) in [5.74, 6) is 1.10. The maximum absolute atomic E-state index is 13.5. The Balaban J connectivity index is 1.65. The van der Waals surface area contributed by atoms with Crippen molar-refractivity contribution >= 4 is 28.6 Å². The number of fused-ring (bicyclic) bond motifs is 1. The molecule has 1 saturated carbocycles. The minimum absolute atomic E-state index is 0.0328. The maximum atomic E-state index is 13.5. The molecule has 1 aliphatic rings. The maximum Gasteiger partial charge on any atom is 0.266 e. The standard InChI is InChI=1S/C25H29N3O3S/c1-17(23(29)26-16-18-10-4-3-5-11-18)32-25-27-20-13-7-6-12-19(20)24(30)28(25)21-14-8-9-15-22(21)31-2/h6-9,12-15,17-18H,3-5,10-11,16H2,1-2H3,(H,26,29). The van der Waals surface area contributed by atoms with Crippen LogP contribution < -0.4 is 15.6 Å². The van der Waals surface area contributed by atoms with Gasteiger partial charge in [-0.2, -0.15) is 0 Å². The molecule has 0 spiro atoms. The van der Waals surface area contributed by atoms with Crippen molar-refractivity contribution in [2.24, 2.45) is 5.92 Å². The lowest BCUT2D eigenvalue weighted by atomic mass is 9.89. The number of rotatable bonds is 7. The number of benzene rings is 2. The van der Waals surface area contributed by atoms with Crippen molar-refractivity contribution in [3.8, 4) is 11.4 Å². The molecule has 1 N–H and O–H groups in total. The molecule has 2 aromatic carbocycles. The number of amides is 1. The molecule has 7 heteroatoms. The second kappa shape index (κ2) is 10.2. The highest BCUT2D eigenvalue weighted by molar-refractivity contribution is 8.00. The van der Waals surface area contributed by atoms with E-state index in [2.05, 4.69) is 5.32 Å². The summed E-state index contributed by atoms with van der Waals surface area (Å²) in [6, 6.07) is 14.6. The number of hydrogen-bond donors (Lipinski definition) is 1. The quantitative estimate of drug-likeness (QED) is 0.421. The third-order valence-electron chi connectivity index (χ3n) is 6.01. The van der Waals surface area contributed by atoms with E-state index in [1.54, 1.807) is 17.7 Å². The van der Waals surface area contributed by atoms with Gasteiger partial charge in [0, 0.05) is 6.54 Å². The molecule has 1 amide bonds. The van der Waals surface area contributed by atoms with E-state index in [-0.39, 0.29) is 11.5 Å². The Hall–Kier alpha value is -2.80. The molecule has 4 rings (SSSR count). The Labute approximate surface area is 192 Å². The first-order valence-electron chi connectivity index (χ1n) is 11.2. The largest absolute Gasteiger partial charge is 0.495 e. The Morgan fingerprint density at radius 3 is 2.66 bits per heavy atom. The van der Waals surface area contributed by atoms with Crippen LogP contribution >= 0.6 is 11.8 Å². The van der Waals surface area contributed by atoms with Crippen molar-refractivity contribution in [2.75, 3.05) is 13.7 Å². The molecule has 1 atom stereocenters. The molecule has 32 heavy (non-hydrogen) atoms. The summed E-state index contributed by atoms with van der Waals surface area (Å²) < 4.78 is 7.06. The van der Waals surface area contributed by atoms with Crippen molar-refractivity contribution in [3.05, 3.63) is 58.9 Å². The zero-order valence-electron chi connectivity index (χ0n) is 18.5. The van der Waals surface area contributed by atoms with Crippen LogP contribution in [0.2, 0.25) is 0 Å². The van der Waals surface area contributed by atoms with E-state index in [0.717, 1.165) is 0 Å². The Morgan fingerprint density at radius 2 is 1.88 bits per heavy atom. The molecule has 1 heterocycles. The van der Waals surface area contributed by atoms with E-state index in [9.17, 15) is 9.59 Å². The second-order valence-electron chi connectivity index (χ2n) is 8.23. The Bertz CT molecular complexity index is 1150. The summed E-state index contributed by atoms with van der Waals surface area (Å²) >= 11 is 1.29. The molecule has 0 saturated heterocycles. The lowest BCUT2D eigenvalue weighted by molar-refractivity contribution is -0.120. The minimum Gasteiger partial charge on any atom is -0.495 e. The van der Waals surface area contributed by atoms with Gasteiger partial charge in [0.25, 0.3) is 5.56 Å². The topological polar surface area (TPSA) is 73.2 Å². The van der Waals surface area contributed by atoms with Gasteiger partial charge in [-0.3, -0.25) is 14.2 Å². The van der Waals surface area contributed by atoms with E-state index in [0.29, 0.717) is 40.0 Å². The fourth-order valence-corrected chi connectivity index (χ4v) is 5.15. The molecule has 1 fully saturated rings. The van der Waals surface area contributed by atoms with Crippen LogP contribution in [0.4, 0.5) is 0 Å². The molecular formula is C25H29N3O3S. The average Bonchev–Trinajstić information content (AvgIpc) is 2.83. The van der Waals surface area contributed by atoms with E-state index in [4.69, 9.17) is 9.72 Å². The number of nitrogens with zero attached hydrogens (tertiary/aromatic N) is 2. The first-order chi connectivity index (χ1) is 15.6. The van der Waals surface area contributed by atoms with Gasteiger partial charge in [-0.15, -0.1) is 0 Å². The fraction of sp³-hybridized carbons (Fsp3) is 0.400. The third kappa shape index (κ3) is 4.83. The van der Waals surface area contributed by atoms with Crippen molar-refractivity contribution in [3.63, 3.8) is 0 Å². The van der Waals surface area contributed by atoms with Crippen LogP contribution in [0.3, 0.4) is 0 Å². The van der Waals surface area contributed by atoms with Crippen LogP contribution in [0.25, 0.3) is 16.6 Å². The van der Waals surface area contributed by atoms with Gasteiger partial charge in [0.2, 0.25) is 5.91 Å². The van der Waals surface area contributed by atoms with Gasteiger partial charge in [0.05, 0.1) is 29.0 Å². The summed E-state index contributed by atoms with van der Waals surface area (Å²) in [5.41, 5.74) is 1.04. The summed E-state index contributed by atoms with van der Waals surface area (Å²) in [6.07, 6.45) is 6.15. The number of carbonyl (C=O) groups excluding carboxylic acids is 1. The number of aromatic nitrogens is 2. The summed E-state index contributed by atoms with van der Waals surface area (Å²) in [5, 5.41) is 3.71. The highest BCUT2D eigenvalue weighted by Crippen LogP contribution is 2.29. The number of para-hydroxylation sites is 3. The SMILES string of the molecule is COc1ccccc1-n1c(SC(C)C(=O)NCC2CCCCC2)nc2ccccc2c1=O. The second-order valence-corrected chi connectivity index (χ2v) is 9.54. The van der Waals surface area contributed by atoms with Crippen LogP contribution in [-0.2, 0) is 4.79 Å². The van der Waals surface area contributed by atoms with Crippen molar-refractivity contribution in [1.82, 2.24) is 14.9 Å². The first-order valence-corrected chi connectivity index (χ1v) is 12.1. The molecule has 0 aliphatic heterocycles. The summed E-state index contributed by atoms with van der Waals surface area (Å²) in [4.78, 5) is 31.0. The molecular weight excluding hydrogens is 422 g/mol. The number of carbonyl (C=O) groups is 1. The van der Waals surface area contributed by atoms with Crippen LogP contribution in [0.15, 0.2) is 58.5 Å². The first kappa shape index (κ1) is 22.4. The monoisotopic (exact) mass is 451 g/mol. The molecule has 1 aliphatic carbocycles. The van der Waals surface area contributed by atoms with Gasteiger partial charge < -0.3 is 10.1 Å². The van der Waals surface area contributed by atoms with Gasteiger partial charge in [0.15, 0.2) is 5.16 Å². The number of methoxy groups -OCH3 is 1. The predicted octanol–water partition coefficient (Wildman–Crippen LogP) is 4.57. The number of ether oxygens (including phenoxy) is 1. The number of nitrogens with one attached hydrogen (secondary N) is 1. The van der Waals surface area contributed by atoms with Crippen molar-refractivity contribution in [2.45, 2.75) is 49.4 Å². The zero-order valence-corrected chi connectivity index (χ0v) is 19.4. The van der Waals surface area contributed by atoms with Crippen LogP contribution in [0.1, 0.15) is 39.0 Å². The smallest absolute Gasteiger partial charge is 0.266 e. The highest BCUT2D eigenvalue weighted by Gasteiger charge is 2.22. The molecule has 0 radical (unpaired) electrons. The minimum atomic E-state index is -0.396. The Morgan fingerprint density at radius 1 is 1.16 bits per heavy atom. The van der Waals surface area contributed by atoms with E-state index >= 15 is 0 Å². The van der Waals surface area contributed by atoms with Crippen molar-refractivity contribution in [1.29, 1.82) is 0 Å². The van der Waals surface area contributed by atoms with Gasteiger partial charge in [0.1, 0.15) is 5.75 Å². The molecule has 1 unspecified atom stereocenters. The lowest BCUT2D eigenvalue weighted by Crippen LogP contribution is -2.35. The van der Waals surface area contributed by atoms with E-state index in [1.807, 2.05) is 49.4 Å². The van der Waals surface area contributed by atoms with Crippen molar-refractivity contribution < 1.29 is 9.53 Å². The van der Waals surface area contributed by atoms with Gasteiger partial charge in [-0.05, 0) is 49.9 Å². The molecule has 0 bridgehead atoms. The molecule has 3 aromatic rings. The summed E-state index contributed by atoms with van der Waals surface area (Å²) in [7, 11) is 1.58. The molecule has 6 nitrogen and oxygen atoms in total. The highest BCUT2D eigenvalue weighted by atomic mass is 32.2. The average molecular weight is 452 g/mol. The number of hydrogen-bond acceptors (Lipinski definition) is 5. The lowest BCUT2D eigenvalue weighted by Gasteiger charge is -2.23. The van der Waals surface area contributed by atoms with Crippen LogP contribution in [0, 0.1) is 5.92 Å². The fourth-order valence-electron chi connectivity index (χ4n) is 4.21. The third-order valence-corrected chi connectivity index (χ3v) is 7.06. The Kier molecular flexibility index (Phi) is 7.15. The molecule has 1 aromatic heterocycles. The molecule has 168 valence electrons.